The van der Waals surface area contributed by atoms with E-state index in [-0.39, 0.29) is 11.7 Å². The molecule has 5 nitrogen and oxygen atoms in total. The maximum absolute atomic E-state index is 10.8. The standard InChI is InChI=1S/C13H21N3O2/c1-10(2)6-4-7-11(3)15-13-12(16(17)18)8-5-9-14-13/h5,8-11H,4,6-7H2,1-3H3,(H,14,15). The molecule has 0 aliphatic heterocycles. The van der Waals surface area contributed by atoms with Crippen LogP contribution in [0.1, 0.15) is 40.0 Å². The van der Waals surface area contributed by atoms with Gasteiger partial charge in [-0.25, -0.2) is 4.98 Å². The number of pyridine rings is 1. The summed E-state index contributed by atoms with van der Waals surface area (Å²) < 4.78 is 0. The van der Waals surface area contributed by atoms with Gasteiger partial charge in [0.15, 0.2) is 0 Å². The summed E-state index contributed by atoms with van der Waals surface area (Å²) in [6.07, 6.45) is 4.85. The average Bonchev–Trinajstić information content (AvgIpc) is 2.28. The van der Waals surface area contributed by atoms with Gasteiger partial charge in [0, 0.05) is 18.3 Å². The third-order valence-corrected chi connectivity index (χ3v) is 2.78. The van der Waals surface area contributed by atoms with Gasteiger partial charge in [0.25, 0.3) is 0 Å². The Balaban J connectivity index is 2.53. The molecule has 1 atom stereocenters. The number of nitrogens with one attached hydrogen (secondary N) is 1. The highest BCUT2D eigenvalue weighted by atomic mass is 16.6. The van der Waals surface area contributed by atoms with Gasteiger partial charge in [-0.15, -0.1) is 0 Å². The number of anilines is 1. The Kier molecular flexibility index (Phi) is 5.55. The molecule has 0 aromatic carbocycles. The largest absolute Gasteiger partial charge is 0.362 e. The molecular formula is C13H21N3O2. The first-order valence-corrected chi connectivity index (χ1v) is 6.36. The molecule has 18 heavy (non-hydrogen) atoms. The highest BCUT2D eigenvalue weighted by Gasteiger charge is 2.15. The number of rotatable bonds is 7. The molecule has 1 unspecified atom stereocenters. The second kappa shape index (κ2) is 6.93. The Hall–Kier alpha value is -1.65. The molecule has 0 aliphatic rings. The monoisotopic (exact) mass is 251 g/mol. The molecule has 1 aromatic rings. The van der Waals surface area contributed by atoms with E-state index in [2.05, 4.69) is 24.1 Å². The van der Waals surface area contributed by atoms with Gasteiger partial charge < -0.3 is 5.32 Å². The summed E-state index contributed by atoms with van der Waals surface area (Å²) >= 11 is 0. The fourth-order valence-electron chi connectivity index (χ4n) is 1.79. The summed E-state index contributed by atoms with van der Waals surface area (Å²) in [5.74, 6) is 1.06. The molecule has 1 rings (SSSR count). The van der Waals surface area contributed by atoms with E-state index < -0.39 is 4.92 Å². The molecule has 100 valence electrons. The summed E-state index contributed by atoms with van der Waals surface area (Å²) in [5, 5.41) is 13.9. The predicted molar refractivity (Wildman–Crippen MR) is 72.7 cm³/mol. The lowest BCUT2D eigenvalue weighted by atomic mass is 10.0. The lowest BCUT2D eigenvalue weighted by molar-refractivity contribution is -0.384. The number of aromatic nitrogens is 1. The van der Waals surface area contributed by atoms with Gasteiger partial charge >= 0.3 is 5.69 Å². The maximum Gasteiger partial charge on any atom is 0.311 e. The van der Waals surface area contributed by atoms with E-state index in [1.165, 1.54) is 12.5 Å². The van der Waals surface area contributed by atoms with Crippen LogP contribution in [0.3, 0.4) is 0 Å². The topological polar surface area (TPSA) is 68.1 Å². The summed E-state index contributed by atoms with van der Waals surface area (Å²) in [4.78, 5) is 14.5. The van der Waals surface area contributed by atoms with Gasteiger partial charge in [-0.2, -0.15) is 0 Å². The van der Waals surface area contributed by atoms with Gasteiger partial charge in [-0.3, -0.25) is 10.1 Å². The molecule has 0 fully saturated rings. The third kappa shape index (κ3) is 4.69. The Morgan fingerprint density at radius 3 is 2.72 bits per heavy atom. The van der Waals surface area contributed by atoms with Gasteiger partial charge in [0.2, 0.25) is 5.82 Å². The van der Waals surface area contributed by atoms with Crippen LogP contribution in [-0.2, 0) is 0 Å². The molecule has 0 spiro atoms. The van der Waals surface area contributed by atoms with Crippen molar-refractivity contribution in [2.24, 2.45) is 5.92 Å². The third-order valence-electron chi connectivity index (χ3n) is 2.78. The van der Waals surface area contributed by atoms with Crippen molar-refractivity contribution in [1.29, 1.82) is 0 Å². The minimum Gasteiger partial charge on any atom is -0.362 e. The summed E-state index contributed by atoms with van der Waals surface area (Å²) in [7, 11) is 0. The van der Waals surface area contributed by atoms with Crippen LogP contribution in [0, 0.1) is 16.0 Å². The molecule has 1 N–H and O–H groups in total. The van der Waals surface area contributed by atoms with Crippen LogP contribution >= 0.6 is 0 Å². The Morgan fingerprint density at radius 2 is 2.11 bits per heavy atom. The lowest BCUT2D eigenvalue weighted by Crippen LogP contribution is -2.17. The second-order valence-electron chi connectivity index (χ2n) is 5.00. The van der Waals surface area contributed by atoms with E-state index in [1.807, 2.05) is 6.92 Å². The van der Waals surface area contributed by atoms with E-state index in [1.54, 1.807) is 12.3 Å². The van der Waals surface area contributed by atoms with Crippen molar-refractivity contribution in [3.8, 4) is 0 Å². The number of hydrogen-bond acceptors (Lipinski definition) is 4. The van der Waals surface area contributed by atoms with E-state index in [9.17, 15) is 10.1 Å². The van der Waals surface area contributed by atoms with E-state index in [0.717, 1.165) is 12.8 Å². The van der Waals surface area contributed by atoms with E-state index >= 15 is 0 Å². The van der Waals surface area contributed by atoms with Crippen LogP contribution in [0.2, 0.25) is 0 Å². The van der Waals surface area contributed by atoms with Crippen LogP contribution in [0.15, 0.2) is 18.3 Å². The zero-order valence-electron chi connectivity index (χ0n) is 11.2. The zero-order chi connectivity index (χ0) is 13.5. The molecule has 5 heteroatoms. The SMILES string of the molecule is CC(C)CCCC(C)Nc1ncccc1[N+](=O)[O-]. The van der Waals surface area contributed by atoms with Crippen molar-refractivity contribution in [2.45, 2.75) is 46.1 Å². The van der Waals surface area contributed by atoms with Crippen molar-refractivity contribution >= 4 is 11.5 Å². The lowest BCUT2D eigenvalue weighted by Gasteiger charge is -2.14. The van der Waals surface area contributed by atoms with E-state index in [4.69, 9.17) is 0 Å². The number of hydrogen-bond donors (Lipinski definition) is 1. The van der Waals surface area contributed by atoms with Crippen LogP contribution < -0.4 is 5.32 Å². The van der Waals surface area contributed by atoms with Crippen LogP contribution in [0.25, 0.3) is 0 Å². The molecule has 1 heterocycles. The van der Waals surface area contributed by atoms with Gasteiger partial charge in [0.05, 0.1) is 4.92 Å². The van der Waals surface area contributed by atoms with Crippen molar-refractivity contribution in [2.75, 3.05) is 5.32 Å². The maximum atomic E-state index is 10.8. The number of nitro groups is 1. The molecule has 0 amide bonds. The first kappa shape index (κ1) is 14.4. The molecule has 0 saturated carbocycles. The van der Waals surface area contributed by atoms with Gasteiger partial charge in [0.1, 0.15) is 0 Å². The Morgan fingerprint density at radius 1 is 1.39 bits per heavy atom. The van der Waals surface area contributed by atoms with Crippen LogP contribution in [0.4, 0.5) is 11.5 Å². The highest BCUT2D eigenvalue weighted by molar-refractivity contribution is 5.55. The summed E-state index contributed by atoms with van der Waals surface area (Å²) in [6, 6.07) is 3.24. The second-order valence-corrected chi connectivity index (χ2v) is 5.00. The fraction of sp³-hybridized carbons (Fsp3) is 0.615. The van der Waals surface area contributed by atoms with Crippen molar-refractivity contribution in [3.63, 3.8) is 0 Å². The molecule has 0 radical (unpaired) electrons. The van der Waals surface area contributed by atoms with Crippen molar-refractivity contribution in [1.82, 2.24) is 4.98 Å². The normalized spacial score (nSPS) is 12.4. The van der Waals surface area contributed by atoms with Crippen molar-refractivity contribution < 1.29 is 4.92 Å². The number of nitrogens with zero attached hydrogens (tertiary/aromatic N) is 2. The van der Waals surface area contributed by atoms with Crippen molar-refractivity contribution in [3.05, 3.63) is 28.4 Å². The molecule has 0 bridgehead atoms. The smallest absolute Gasteiger partial charge is 0.311 e. The highest BCUT2D eigenvalue weighted by Crippen LogP contribution is 2.22. The molecule has 1 aromatic heterocycles. The van der Waals surface area contributed by atoms with Crippen LogP contribution in [0.5, 0.6) is 0 Å². The van der Waals surface area contributed by atoms with Gasteiger partial charge in [-0.05, 0) is 25.3 Å². The van der Waals surface area contributed by atoms with E-state index in [0.29, 0.717) is 11.7 Å². The first-order chi connectivity index (χ1) is 8.50. The predicted octanol–water partition coefficient (Wildman–Crippen LogP) is 3.62. The molecular weight excluding hydrogens is 230 g/mol. The minimum atomic E-state index is -0.407. The van der Waals surface area contributed by atoms with Gasteiger partial charge in [-0.1, -0.05) is 26.7 Å². The first-order valence-electron chi connectivity index (χ1n) is 6.36. The molecule has 0 aliphatic carbocycles. The quantitative estimate of drug-likeness (QED) is 0.593. The molecule has 0 saturated heterocycles. The summed E-state index contributed by atoms with van der Waals surface area (Å²) in [6.45, 7) is 6.42. The minimum absolute atomic E-state index is 0.0354. The summed E-state index contributed by atoms with van der Waals surface area (Å²) in [5.41, 5.74) is 0.0354. The Bertz CT molecular complexity index is 394. The van der Waals surface area contributed by atoms with Crippen LogP contribution in [-0.4, -0.2) is 15.9 Å². The zero-order valence-corrected chi connectivity index (χ0v) is 11.2. The fourth-order valence-corrected chi connectivity index (χ4v) is 1.79. The average molecular weight is 251 g/mol. The Labute approximate surface area is 108 Å².